The van der Waals surface area contributed by atoms with E-state index in [4.69, 9.17) is 17.0 Å². The minimum absolute atomic E-state index is 0.130. The second-order valence-electron chi connectivity index (χ2n) is 7.58. The molecular weight excluding hydrogens is 328 g/mol. The molecule has 0 radical (unpaired) electrons. The van der Waals surface area contributed by atoms with Crippen molar-refractivity contribution in [3.8, 4) is 5.75 Å². The summed E-state index contributed by atoms with van der Waals surface area (Å²) in [6, 6.07) is 12.8. The van der Waals surface area contributed by atoms with E-state index >= 15 is 0 Å². The predicted octanol–water partition coefficient (Wildman–Crippen LogP) is 5.20. The third-order valence-corrected chi connectivity index (χ3v) is 4.78. The fraction of sp³-hybridized carbons (Fsp3) is 0.381. The molecule has 0 unspecified atom stereocenters. The molecule has 4 heteroatoms. The van der Waals surface area contributed by atoms with Crippen LogP contribution in [-0.4, -0.2) is 10.7 Å². The van der Waals surface area contributed by atoms with Crippen LogP contribution < -0.4 is 15.4 Å². The average Bonchev–Trinajstić information content (AvgIpc) is 2.48. The number of ether oxygens (including phenoxy) is 1. The van der Waals surface area contributed by atoms with Crippen LogP contribution in [0.2, 0.25) is 0 Å². The van der Waals surface area contributed by atoms with E-state index in [9.17, 15) is 0 Å². The number of thiocarbonyl (C=S) groups is 1. The van der Waals surface area contributed by atoms with Gasteiger partial charge in [0.05, 0.1) is 6.04 Å². The van der Waals surface area contributed by atoms with Crippen LogP contribution >= 0.6 is 12.2 Å². The maximum absolute atomic E-state index is 6.16. The van der Waals surface area contributed by atoms with Crippen molar-refractivity contribution in [2.75, 3.05) is 5.32 Å². The molecule has 1 aliphatic heterocycles. The number of rotatable bonds is 2. The summed E-state index contributed by atoms with van der Waals surface area (Å²) in [7, 11) is 0. The number of benzene rings is 2. The first kappa shape index (κ1) is 17.7. The summed E-state index contributed by atoms with van der Waals surface area (Å²) >= 11 is 5.58. The second-order valence-corrected chi connectivity index (χ2v) is 7.98. The molecule has 0 aliphatic carbocycles. The molecule has 2 aromatic carbocycles. The Morgan fingerprint density at radius 2 is 1.76 bits per heavy atom. The van der Waals surface area contributed by atoms with Crippen LogP contribution in [0.5, 0.6) is 5.75 Å². The molecule has 1 aliphatic rings. The van der Waals surface area contributed by atoms with Gasteiger partial charge in [0.25, 0.3) is 0 Å². The highest BCUT2D eigenvalue weighted by atomic mass is 32.1. The van der Waals surface area contributed by atoms with Gasteiger partial charge < -0.3 is 15.4 Å². The smallest absolute Gasteiger partial charge is 0.171 e. The number of anilines is 1. The molecule has 0 amide bonds. The maximum atomic E-state index is 6.16. The topological polar surface area (TPSA) is 33.3 Å². The molecule has 0 bridgehead atoms. The van der Waals surface area contributed by atoms with Gasteiger partial charge in [-0.15, -0.1) is 0 Å². The molecule has 0 saturated carbocycles. The Kier molecular flexibility index (Phi) is 4.74. The van der Waals surface area contributed by atoms with Gasteiger partial charge in [0.1, 0.15) is 11.4 Å². The van der Waals surface area contributed by atoms with Crippen LogP contribution in [0.3, 0.4) is 0 Å². The highest BCUT2D eigenvalue weighted by Gasteiger charge is 2.34. The van der Waals surface area contributed by atoms with Gasteiger partial charge in [0.2, 0.25) is 0 Å². The number of hydrogen-bond donors (Lipinski definition) is 2. The third-order valence-electron chi connectivity index (χ3n) is 4.56. The number of hydrogen-bond acceptors (Lipinski definition) is 2. The quantitative estimate of drug-likeness (QED) is 0.726. The molecule has 2 aromatic rings. The molecule has 0 spiro atoms. The molecule has 0 saturated heterocycles. The van der Waals surface area contributed by atoms with E-state index in [-0.39, 0.29) is 11.6 Å². The zero-order valence-corrected chi connectivity index (χ0v) is 16.4. The highest BCUT2D eigenvalue weighted by molar-refractivity contribution is 7.80. The number of nitrogens with one attached hydrogen (secondary N) is 2. The van der Waals surface area contributed by atoms with Gasteiger partial charge in [-0.3, -0.25) is 0 Å². The fourth-order valence-electron chi connectivity index (χ4n) is 3.36. The van der Waals surface area contributed by atoms with Crippen LogP contribution in [0.25, 0.3) is 0 Å². The number of fused-ring (bicyclic) bond motifs is 1. The Morgan fingerprint density at radius 3 is 2.48 bits per heavy atom. The van der Waals surface area contributed by atoms with Gasteiger partial charge in [0, 0.05) is 17.7 Å². The third kappa shape index (κ3) is 4.13. The molecular formula is C21H26N2OS. The van der Waals surface area contributed by atoms with Crippen molar-refractivity contribution >= 4 is 23.0 Å². The second kappa shape index (κ2) is 6.68. The SMILES string of the molecule is Cc1ccc(NC(=S)N[C@H]2CC(C)(C)Oc3cc(C)ccc32)c(C)c1. The Hall–Kier alpha value is -2.07. The largest absolute Gasteiger partial charge is 0.487 e. The zero-order chi connectivity index (χ0) is 18.2. The van der Waals surface area contributed by atoms with Crippen LogP contribution in [0.4, 0.5) is 5.69 Å². The van der Waals surface area contributed by atoms with Crippen molar-refractivity contribution in [2.24, 2.45) is 0 Å². The monoisotopic (exact) mass is 354 g/mol. The Labute approximate surface area is 155 Å². The summed E-state index contributed by atoms with van der Waals surface area (Å²) in [6.45, 7) is 10.5. The lowest BCUT2D eigenvalue weighted by atomic mass is 9.89. The van der Waals surface area contributed by atoms with E-state index in [1.807, 2.05) is 0 Å². The van der Waals surface area contributed by atoms with Gasteiger partial charge in [0.15, 0.2) is 5.11 Å². The summed E-state index contributed by atoms with van der Waals surface area (Å²) < 4.78 is 6.16. The molecule has 1 atom stereocenters. The molecule has 3 rings (SSSR count). The van der Waals surface area contributed by atoms with Crippen LogP contribution in [0, 0.1) is 20.8 Å². The lowest BCUT2D eigenvalue weighted by molar-refractivity contribution is 0.0696. The van der Waals surface area contributed by atoms with Gasteiger partial charge in [-0.1, -0.05) is 29.8 Å². The summed E-state index contributed by atoms with van der Waals surface area (Å²) in [4.78, 5) is 0. The molecule has 2 N–H and O–H groups in total. The minimum Gasteiger partial charge on any atom is -0.487 e. The van der Waals surface area contributed by atoms with E-state index in [1.165, 1.54) is 16.7 Å². The molecule has 3 nitrogen and oxygen atoms in total. The fourth-order valence-corrected chi connectivity index (χ4v) is 3.61. The van der Waals surface area contributed by atoms with Crippen molar-refractivity contribution in [1.82, 2.24) is 5.32 Å². The van der Waals surface area contributed by atoms with Crippen LogP contribution in [0.1, 0.15) is 48.6 Å². The van der Waals surface area contributed by atoms with E-state index in [0.29, 0.717) is 5.11 Å². The normalized spacial score (nSPS) is 18.0. The summed E-state index contributed by atoms with van der Waals surface area (Å²) in [5.74, 6) is 0.947. The van der Waals surface area contributed by atoms with Crippen molar-refractivity contribution < 1.29 is 4.74 Å². The first-order valence-corrected chi connectivity index (χ1v) is 9.09. The zero-order valence-electron chi connectivity index (χ0n) is 15.6. The molecule has 132 valence electrons. The molecule has 1 heterocycles. The van der Waals surface area contributed by atoms with E-state index in [2.05, 4.69) is 81.7 Å². The van der Waals surface area contributed by atoms with Gasteiger partial charge in [-0.25, -0.2) is 0 Å². The van der Waals surface area contributed by atoms with Crippen molar-refractivity contribution in [1.29, 1.82) is 0 Å². The Morgan fingerprint density at radius 1 is 1.08 bits per heavy atom. The van der Waals surface area contributed by atoms with Crippen molar-refractivity contribution in [3.05, 3.63) is 58.7 Å². The van der Waals surface area contributed by atoms with E-state index in [0.717, 1.165) is 23.4 Å². The average molecular weight is 355 g/mol. The van der Waals surface area contributed by atoms with Crippen molar-refractivity contribution in [3.63, 3.8) is 0 Å². The van der Waals surface area contributed by atoms with Crippen molar-refractivity contribution in [2.45, 2.75) is 52.7 Å². The standard InChI is InChI=1S/C21H26N2OS/c1-13-7-9-17(15(3)10-13)22-20(25)23-18-12-21(4,5)24-19-11-14(2)6-8-16(18)19/h6-11,18H,12H2,1-5H3,(H2,22,23,25)/t18-/m0/s1. The van der Waals surface area contributed by atoms with Crippen LogP contribution in [-0.2, 0) is 0 Å². The lowest BCUT2D eigenvalue weighted by Gasteiger charge is -2.38. The van der Waals surface area contributed by atoms with E-state index in [1.54, 1.807) is 0 Å². The molecule has 25 heavy (non-hydrogen) atoms. The lowest BCUT2D eigenvalue weighted by Crippen LogP contribution is -2.42. The van der Waals surface area contributed by atoms with Crippen LogP contribution in [0.15, 0.2) is 36.4 Å². The summed E-state index contributed by atoms with van der Waals surface area (Å²) in [5, 5.41) is 7.45. The summed E-state index contributed by atoms with van der Waals surface area (Å²) in [6.07, 6.45) is 0.859. The summed E-state index contributed by atoms with van der Waals surface area (Å²) in [5.41, 5.74) is 5.61. The van der Waals surface area contributed by atoms with Gasteiger partial charge in [-0.2, -0.15) is 0 Å². The Balaban J connectivity index is 1.79. The maximum Gasteiger partial charge on any atom is 0.171 e. The highest BCUT2D eigenvalue weighted by Crippen LogP contribution is 2.39. The first-order valence-electron chi connectivity index (χ1n) is 8.68. The number of aryl methyl sites for hydroxylation is 3. The van der Waals surface area contributed by atoms with Gasteiger partial charge >= 0.3 is 0 Å². The minimum atomic E-state index is -0.228. The van der Waals surface area contributed by atoms with Gasteiger partial charge in [-0.05, 0) is 70.1 Å². The predicted molar refractivity (Wildman–Crippen MR) is 109 cm³/mol. The molecule has 0 fully saturated rings. The first-order chi connectivity index (χ1) is 11.7. The Bertz CT molecular complexity index is 814. The van der Waals surface area contributed by atoms with E-state index < -0.39 is 0 Å². The molecule has 0 aromatic heterocycles.